The first kappa shape index (κ1) is 23.5. The van der Waals surface area contributed by atoms with Gasteiger partial charge >= 0.3 is 0 Å². The molecular formula is C23H32IN3O2. The quantitative estimate of drug-likeness (QED) is 0.317. The van der Waals surface area contributed by atoms with Crippen LogP contribution >= 0.6 is 24.0 Å². The molecule has 3 rings (SSSR count). The van der Waals surface area contributed by atoms with Crippen molar-refractivity contribution >= 4 is 29.9 Å². The SMILES string of the molecule is CCNC(=NCc1ccccc1)NCc1ccc(C)cc1OCC1CCOC1.I. The Morgan fingerprint density at radius 1 is 1.17 bits per heavy atom. The first-order chi connectivity index (χ1) is 13.7. The molecule has 0 bridgehead atoms. The fourth-order valence-corrected chi connectivity index (χ4v) is 3.14. The number of hydrogen-bond donors (Lipinski definition) is 2. The average Bonchev–Trinajstić information content (AvgIpc) is 3.24. The zero-order valence-electron chi connectivity index (χ0n) is 17.3. The third kappa shape index (κ3) is 7.85. The first-order valence-corrected chi connectivity index (χ1v) is 10.1. The van der Waals surface area contributed by atoms with Gasteiger partial charge < -0.3 is 20.1 Å². The van der Waals surface area contributed by atoms with Crippen LogP contribution in [-0.4, -0.2) is 32.3 Å². The van der Waals surface area contributed by atoms with E-state index in [9.17, 15) is 0 Å². The van der Waals surface area contributed by atoms with E-state index >= 15 is 0 Å². The Morgan fingerprint density at radius 3 is 2.72 bits per heavy atom. The van der Waals surface area contributed by atoms with Gasteiger partial charge in [-0.05, 0) is 37.5 Å². The van der Waals surface area contributed by atoms with E-state index in [1.165, 1.54) is 11.1 Å². The number of hydrogen-bond acceptors (Lipinski definition) is 3. The molecule has 1 fully saturated rings. The Balaban J connectivity index is 0.00000300. The monoisotopic (exact) mass is 509 g/mol. The highest BCUT2D eigenvalue weighted by Crippen LogP contribution is 2.22. The summed E-state index contributed by atoms with van der Waals surface area (Å²) in [5.41, 5.74) is 3.53. The van der Waals surface area contributed by atoms with Crippen molar-refractivity contribution in [3.05, 3.63) is 65.2 Å². The van der Waals surface area contributed by atoms with Crippen molar-refractivity contribution < 1.29 is 9.47 Å². The number of nitrogens with one attached hydrogen (secondary N) is 2. The fourth-order valence-electron chi connectivity index (χ4n) is 3.14. The van der Waals surface area contributed by atoms with Crippen LogP contribution < -0.4 is 15.4 Å². The zero-order valence-corrected chi connectivity index (χ0v) is 19.6. The predicted molar refractivity (Wildman–Crippen MR) is 129 cm³/mol. The lowest BCUT2D eigenvalue weighted by Crippen LogP contribution is -2.36. The van der Waals surface area contributed by atoms with Crippen LogP contribution in [-0.2, 0) is 17.8 Å². The van der Waals surface area contributed by atoms with E-state index < -0.39 is 0 Å². The predicted octanol–water partition coefficient (Wildman–Crippen LogP) is 4.28. The summed E-state index contributed by atoms with van der Waals surface area (Å²) >= 11 is 0. The van der Waals surface area contributed by atoms with Gasteiger partial charge in [-0.25, -0.2) is 4.99 Å². The van der Waals surface area contributed by atoms with Crippen molar-refractivity contribution in [2.24, 2.45) is 10.9 Å². The molecular weight excluding hydrogens is 477 g/mol. The van der Waals surface area contributed by atoms with E-state index in [4.69, 9.17) is 14.5 Å². The highest BCUT2D eigenvalue weighted by molar-refractivity contribution is 14.0. The van der Waals surface area contributed by atoms with Gasteiger partial charge in [0.15, 0.2) is 5.96 Å². The molecule has 0 aromatic heterocycles. The minimum Gasteiger partial charge on any atom is -0.493 e. The Kier molecular flexibility index (Phi) is 10.3. The highest BCUT2D eigenvalue weighted by atomic mass is 127. The van der Waals surface area contributed by atoms with E-state index in [1.807, 2.05) is 18.2 Å². The minimum absolute atomic E-state index is 0. The minimum atomic E-state index is 0. The molecule has 1 atom stereocenters. The molecule has 0 amide bonds. The summed E-state index contributed by atoms with van der Waals surface area (Å²) in [6.07, 6.45) is 1.08. The van der Waals surface area contributed by atoms with Crippen molar-refractivity contribution in [3.63, 3.8) is 0 Å². The van der Waals surface area contributed by atoms with Crippen LogP contribution in [0.15, 0.2) is 53.5 Å². The molecule has 158 valence electrons. The Bertz CT molecular complexity index is 762. The van der Waals surface area contributed by atoms with E-state index in [2.05, 4.69) is 54.8 Å². The molecule has 2 aromatic carbocycles. The van der Waals surface area contributed by atoms with Crippen LogP contribution in [0.25, 0.3) is 0 Å². The molecule has 0 aliphatic carbocycles. The third-order valence-corrected chi connectivity index (χ3v) is 4.77. The smallest absolute Gasteiger partial charge is 0.191 e. The van der Waals surface area contributed by atoms with Gasteiger partial charge in [0.25, 0.3) is 0 Å². The van der Waals surface area contributed by atoms with Crippen molar-refractivity contribution in [3.8, 4) is 5.75 Å². The van der Waals surface area contributed by atoms with Crippen LogP contribution in [0.5, 0.6) is 5.75 Å². The van der Waals surface area contributed by atoms with Gasteiger partial charge in [0.1, 0.15) is 5.75 Å². The van der Waals surface area contributed by atoms with Gasteiger partial charge in [0.05, 0.1) is 19.8 Å². The number of aliphatic imine (C=N–C) groups is 1. The summed E-state index contributed by atoms with van der Waals surface area (Å²) in [5.74, 6) is 2.24. The van der Waals surface area contributed by atoms with Gasteiger partial charge in [-0.1, -0.05) is 42.5 Å². The Hall–Kier alpha value is -1.80. The molecule has 29 heavy (non-hydrogen) atoms. The maximum Gasteiger partial charge on any atom is 0.191 e. The summed E-state index contributed by atoms with van der Waals surface area (Å²) in [4.78, 5) is 4.69. The maximum atomic E-state index is 6.14. The second kappa shape index (κ2) is 12.7. The van der Waals surface area contributed by atoms with Crippen LogP contribution in [0.4, 0.5) is 0 Å². The summed E-state index contributed by atoms with van der Waals surface area (Å²) in [6, 6.07) is 16.6. The fraction of sp³-hybridized carbons (Fsp3) is 0.435. The normalized spacial score (nSPS) is 16.2. The molecule has 6 heteroatoms. The van der Waals surface area contributed by atoms with Crippen molar-refractivity contribution in [2.45, 2.75) is 33.4 Å². The number of aryl methyl sites for hydroxylation is 1. The van der Waals surface area contributed by atoms with Gasteiger partial charge in [-0.2, -0.15) is 0 Å². The molecule has 0 radical (unpaired) electrons. The lowest BCUT2D eigenvalue weighted by molar-refractivity contribution is 0.166. The number of rotatable bonds is 8. The highest BCUT2D eigenvalue weighted by Gasteiger charge is 2.17. The molecule has 2 N–H and O–H groups in total. The number of benzene rings is 2. The second-order valence-electron chi connectivity index (χ2n) is 7.19. The van der Waals surface area contributed by atoms with Crippen LogP contribution in [0.3, 0.4) is 0 Å². The van der Waals surface area contributed by atoms with E-state index in [0.717, 1.165) is 43.5 Å². The van der Waals surface area contributed by atoms with Crippen LogP contribution in [0, 0.1) is 12.8 Å². The lowest BCUT2D eigenvalue weighted by atomic mass is 10.1. The summed E-state index contributed by atoms with van der Waals surface area (Å²) in [5, 5.41) is 6.74. The van der Waals surface area contributed by atoms with E-state index in [0.29, 0.717) is 25.6 Å². The van der Waals surface area contributed by atoms with Crippen molar-refractivity contribution in [1.29, 1.82) is 0 Å². The maximum absolute atomic E-state index is 6.14. The van der Waals surface area contributed by atoms with Gasteiger partial charge in [-0.15, -0.1) is 24.0 Å². The topological polar surface area (TPSA) is 54.9 Å². The molecule has 0 saturated carbocycles. The van der Waals surface area contributed by atoms with Gasteiger partial charge in [0, 0.05) is 31.2 Å². The average molecular weight is 509 g/mol. The first-order valence-electron chi connectivity index (χ1n) is 10.1. The number of ether oxygens (including phenoxy) is 2. The summed E-state index contributed by atoms with van der Waals surface area (Å²) in [7, 11) is 0. The number of halogens is 1. The molecule has 5 nitrogen and oxygen atoms in total. The largest absolute Gasteiger partial charge is 0.493 e. The van der Waals surface area contributed by atoms with E-state index in [1.54, 1.807) is 0 Å². The number of nitrogens with zero attached hydrogens (tertiary/aromatic N) is 1. The van der Waals surface area contributed by atoms with Crippen LogP contribution in [0.2, 0.25) is 0 Å². The molecule has 0 spiro atoms. The Labute approximate surface area is 191 Å². The summed E-state index contributed by atoms with van der Waals surface area (Å²) in [6.45, 7) is 8.65. The molecule has 2 aromatic rings. The summed E-state index contributed by atoms with van der Waals surface area (Å²) < 4.78 is 11.6. The number of guanidine groups is 1. The second-order valence-corrected chi connectivity index (χ2v) is 7.19. The Morgan fingerprint density at radius 2 is 2.00 bits per heavy atom. The lowest BCUT2D eigenvalue weighted by Gasteiger charge is -2.17. The van der Waals surface area contributed by atoms with Gasteiger partial charge in [-0.3, -0.25) is 0 Å². The zero-order chi connectivity index (χ0) is 19.6. The molecule has 1 heterocycles. The van der Waals surface area contributed by atoms with Crippen LogP contribution in [0.1, 0.15) is 30.0 Å². The third-order valence-electron chi connectivity index (χ3n) is 4.77. The van der Waals surface area contributed by atoms with Gasteiger partial charge in [0.2, 0.25) is 0 Å². The van der Waals surface area contributed by atoms with Crippen molar-refractivity contribution in [1.82, 2.24) is 10.6 Å². The molecule has 1 aliphatic rings. The standard InChI is InChI=1S/C23H31N3O2.HI/c1-3-24-23(25-14-19-7-5-4-6-8-19)26-15-21-10-9-18(2)13-22(21)28-17-20-11-12-27-16-20;/h4-10,13,20H,3,11-12,14-17H2,1-2H3,(H2,24,25,26);1H. The molecule has 1 aliphatic heterocycles. The molecule has 1 saturated heterocycles. The molecule has 1 unspecified atom stereocenters. The van der Waals surface area contributed by atoms with E-state index in [-0.39, 0.29) is 24.0 Å². The van der Waals surface area contributed by atoms with Crippen molar-refractivity contribution in [2.75, 3.05) is 26.4 Å².